The molecule has 0 bridgehead atoms. The second-order valence-corrected chi connectivity index (χ2v) is 9.61. The van der Waals surface area contributed by atoms with Crippen LogP contribution in [0.1, 0.15) is 31.7 Å². The van der Waals surface area contributed by atoms with Crippen LogP contribution in [0.5, 0.6) is 11.6 Å². The SMILES string of the molecule is CC(=O)N1CCCN(Cc2cc(F)cnc2Oc2ccc3c(nnn3CC3CC3)c2Br)CC1. The normalized spacial score (nSPS) is 17.4. The Bertz CT molecular complexity index is 1180. The number of fused-ring (bicyclic) bond motifs is 1. The minimum atomic E-state index is -0.407. The molecule has 0 spiro atoms. The van der Waals surface area contributed by atoms with Gasteiger partial charge in [0.15, 0.2) is 0 Å². The number of nitrogens with zero attached hydrogens (tertiary/aromatic N) is 6. The van der Waals surface area contributed by atoms with E-state index in [1.165, 1.54) is 18.9 Å². The van der Waals surface area contributed by atoms with Gasteiger partial charge in [0.05, 0.1) is 16.2 Å². The van der Waals surface area contributed by atoms with Gasteiger partial charge in [0.1, 0.15) is 17.1 Å². The number of amides is 1. The van der Waals surface area contributed by atoms with E-state index in [-0.39, 0.29) is 5.91 Å². The zero-order chi connectivity index (χ0) is 22.9. The summed E-state index contributed by atoms with van der Waals surface area (Å²) in [5, 5.41) is 8.63. The number of pyridine rings is 1. The lowest BCUT2D eigenvalue weighted by molar-refractivity contribution is -0.128. The first-order valence-corrected chi connectivity index (χ1v) is 12.1. The van der Waals surface area contributed by atoms with Gasteiger partial charge in [0, 0.05) is 51.8 Å². The van der Waals surface area contributed by atoms with Gasteiger partial charge in [0.25, 0.3) is 0 Å². The quantitative estimate of drug-likeness (QED) is 0.493. The molecule has 2 aromatic heterocycles. The molecule has 1 aromatic carbocycles. The number of benzene rings is 1. The summed E-state index contributed by atoms with van der Waals surface area (Å²) >= 11 is 3.61. The zero-order valence-corrected chi connectivity index (χ0v) is 20.1. The van der Waals surface area contributed by atoms with Crippen molar-refractivity contribution in [1.29, 1.82) is 0 Å². The minimum Gasteiger partial charge on any atom is -0.437 e. The van der Waals surface area contributed by atoms with Crippen molar-refractivity contribution in [2.24, 2.45) is 5.92 Å². The molecule has 2 aliphatic rings. The van der Waals surface area contributed by atoms with Crippen molar-refractivity contribution in [3.8, 4) is 11.6 Å². The Morgan fingerprint density at radius 1 is 1.24 bits per heavy atom. The van der Waals surface area contributed by atoms with Gasteiger partial charge in [-0.25, -0.2) is 14.1 Å². The van der Waals surface area contributed by atoms with Crippen LogP contribution in [-0.2, 0) is 17.9 Å². The maximum Gasteiger partial charge on any atom is 0.223 e. The molecule has 5 rings (SSSR count). The predicted molar refractivity (Wildman–Crippen MR) is 124 cm³/mol. The average Bonchev–Trinajstić information content (AvgIpc) is 3.55. The van der Waals surface area contributed by atoms with Crippen LogP contribution in [0.2, 0.25) is 0 Å². The Labute approximate surface area is 199 Å². The molecule has 1 saturated carbocycles. The van der Waals surface area contributed by atoms with E-state index < -0.39 is 5.82 Å². The van der Waals surface area contributed by atoms with Crippen molar-refractivity contribution in [2.75, 3.05) is 26.2 Å². The van der Waals surface area contributed by atoms with Crippen molar-refractivity contribution >= 4 is 32.9 Å². The summed E-state index contributed by atoms with van der Waals surface area (Å²) in [6, 6.07) is 5.28. The van der Waals surface area contributed by atoms with Gasteiger partial charge in [-0.2, -0.15) is 0 Å². The van der Waals surface area contributed by atoms with Crippen molar-refractivity contribution in [2.45, 2.75) is 39.3 Å². The van der Waals surface area contributed by atoms with Crippen LogP contribution >= 0.6 is 15.9 Å². The van der Waals surface area contributed by atoms with Crippen LogP contribution in [0.3, 0.4) is 0 Å². The molecule has 1 aliphatic heterocycles. The molecule has 3 heterocycles. The number of halogens is 2. The van der Waals surface area contributed by atoms with Crippen LogP contribution in [0.4, 0.5) is 4.39 Å². The van der Waals surface area contributed by atoms with Gasteiger partial charge in [-0.1, -0.05) is 5.21 Å². The van der Waals surface area contributed by atoms with Gasteiger partial charge in [-0.3, -0.25) is 9.69 Å². The Hall–Kier alpha value is -2.59. The fourth-order valence-electron chi connectivity index (χ4n) is 4.21. The summed E-state index contributed by atoms with van der Waals surface area (Å²) in [4.78, 5) is 20.0. The lowest BCUT2D eigenvalue weighted by Crippen LogP contribution is -2.33. The van der Waals surface area contributed by atoms with Crippen LogP contribution < -0.4 is 4.74 Å². The maximum absolute atomic E-state index is 14.1. The molecule has 10 heteroatoms. The number of hydrogen-bond acceptors (Lipinski definition) is 6. The molecule has 0 N–H and O–H groups in total. The van der Waals surface area contributed by atoms with Crippen LogP contribution in [-0.4, -0.2) is 61.9 Å². The first kappa shape index (κ1) is 22.2. The molecule has 0 radical (unpaired) electrons. The van der Waals surface area contributed by atoms with E-state index >= 15 is 0 Å². The lowest BCUT2D eigenvalue weighted by Gasteiger charge is -2.22. The fourth-order valence-corrected chi connectivity index (χ4v) is 4.70. The third kappa shape index (κ3) is 5.01. The molecular formula is C23H26BrFN6O2. The number of ether oxygens (including phenoxy) is 1. The Morgan fingerprint density at radius 2 is 2.09 bits per heavy atom. The molecule has 1 amide bonds. The topological polar surface area (TPSA) is 76.4 Å². The van der Waals surface area contributed by atoms with Crippen LogP contribution in [0.25, 0.3) is 11.0 Å². The standard InChI is InChI=1S/C23H26BrFN6O2/c1-15(32)30-8-2-7-29(9-10-30)14-17-11-18(25)12-26-23(17)33-20-6-5-19-22(21(20)24)27-28-31(19)13-16-3-4-16/h5-6,11-12,16H,2-4,7-10,13-14H2,1H3. The highest BCUT2D eigenvalue weighted by molar-refractivity contribution is 9.10. The third-order valence-electron chi connectivity index (χ3n) is 6.24. The summed E-state index contributed by atoms with van der Waals surface area (Å²) in [7, 11) is 0. The number of aromatic nitrogens is 4. The number of rotatable bonds is 6. The third-order valence-corrected chi connectivity index (χ3v) is 7.01. The van der Waals surface area contributed by atoms with E-state index in [0.29, 0.717) is 40.7 Å². The first-order valence-electron chi connectivity index (χ1n) is 11.3. The fraction of sp³-hybridized carbons (Fsp3) is 0.478. The minimum absolute atomic E-state index is 0.0857. The van der Waals surface area contributed by atoms with Gasteiger partial charge in [-0.05, 0) is 59.3 Å². The van der Waals surface area contributed by atoms with E-state index in [2.05, 4.69) is 36.1 Å². The summed E-state index contributed by atoms with van der Waals surface area (Å²) in [5.41, 5.74) is 2.34. The first-order chi connectivity index (χ1) is 16.0. The number of carbonyl (C=O) groups is 1. The summed E-state index contributed by atoms with van der Waals surface area (Å²) in [5.74, 6) is 1.28. The second kappa shape index (κ2) is 9.34. The molecule has 174 valence electrons. The highest BCUT2D eigenvalue weighted by atomic mass is 79.9. The second-order valence-electron chi connectivity index (χ2n) is 8.82. The molecule has 8 nitrogen and oxygen atoms in total. The van der Waals surface area contributed by atoms with Crippen molar-refractivity contribution < 1.29 is 13.9 Å². The molecule has 1 saturated heterocycles. The highest BCUT2D eigenvalue weighted by Gasteiger charge is 2.24. The molecule has 3 aromatic rings. The summed E-state index contributed by atoms with van der Waals surface area (Å²) < 4.78 is 22.9. The van der Waals surface area contributed by atoms with Gasteiger partial charge >= 0.3 is 0 Å². The Balaban J connectivity index is 1.36. The molecule has 2 fully saturated rings. The average molecular weight is 517 g/mol. The van der Waals surface area contributed by atoms with Gasteiger partial charge < -0.3 is 9.64 Å². The number of carbonyl (C=O) groups excluding carboxylic acids is 1. The van der Waals surface area contributed by atoms with Crippen molar-refractivity contribution in [3.63, 3.8) is 0 Å². The van der Waals surface area contributed by atoms with E-state index in [1.807, 2.05) is 21.7 Å². The molecule has 1 aliphatic carbocycles. The van der Waals surface area contributed by atoms with Crippen LogP contribution in [0, 0.1) is 11.7 Å². The highest BCUT2D eigenvalue weighted by Crippen LogP contribution is 2.37. The number of hydrogen-bond donors (Lipinski definition) is 0. The predicted octanol–water partition coefficient (Wildman–Crippen LogP) is 3.98. The molecular weight excluding hydrogens is 491 g/mol. The van der Waals surface area contributed by atoms with Crippen LogP contribution in [0.15, 0.2) is 28.9 Å². The maximum atomic E-state index is 14.1. The van der Waals surface area contributed by atoms with E-state index in [4.69, 9.17) is 4.74 Å². The summed E-state index contributed by atoms with van der Waals surface area (Å²) in [6.45, 7) is 5.90. The van der Waals surface area contributed by atoms with Gasteiger partial charge in [-0.15, -0.1) is 5.10 Å². The molecule has 0 atom stereocenters. The summed E-state index contributed by atoms with van der Waals surface area (Å²) in [6.07, 6.45) is 4.52. The van der Waals surface area contributed by atoms with Gasteiger partial charge in [0.2, 0.25) is 11.8 Å². The smallest absolute Gasteiger partial charge is 0.223 e. The molecule has 33 heavy (non-hydrogen) atoms. The van der Waals surface area contributed by atoms with E-state index in [9.17, 15) is 9.18 Å². The lowest BCUT2D eigenvalue weighted by atomic mass is 10.2. The Kier molecular flexibility index (Phi) is 6.29. The largest absolute Gasteiger partial charge is 0.437 e. The zero-order valence-electron chi connectivity index (χ0n) is 18.5. The van der Waals surface area contributed by atoms with Crippen molar-refractivity contribution in [1.82, 2.24) is 29.8 Å². The molecule has 0 unspecified atom stereocenters. The monoisotopic (exact) mass is 516 g/mol. The Morgan fingerprint density at radius 3 is 2.88 bits per heavy atom. The van der Waals surface area contributed by atoms with Crippen molar-refractivity contribution in [3.05, 3.63) is 40.2 Å². The van der Waals surface area contributed by atoms with E-state index in [1.54, 1.807) is 6.92 Å². The van der Waals surface area contributed by atoms with E-state index in [0.717, 1.165) is 49.8 Å².